The van der Waals surface area contributed by atoms with Crippen molar-refractivity contribution in [2.75, 3.05) is 11.9 Å². The van der Waals surface area contributed by atoms with E-state index in [9.17, 15) is 9.59 Å². The molecule has 0 fully saturated rings. The maximum atomic E-state index is 11.9. The Balaban J connectivity index is 1.71. The van der Waals surface area contributed by atoms with Crippen molar-refractivity contribution < 1.29 is 14.3 Å². The zero-order chi connectivity index (χ0) is 17.9. The van der Waals surface area contributed by atoms with E-state index in [1.54, 1.807) is 24.3 Å². The minimum Gasteiger partial charge on any atom is -0.493 e. The van der Waals surface area contributed by atoms with Gasteiger partial charge in [-0.25, -0.2) is 0 Å². The highest BCUT2D eigenvalue weighted by atomic mass is 16.5. The van der Waals surface area contributed by atoms with Gasteiger partial charge in [0.25, 0.3) is 0 Å². The van der Waals surface area contributed by atoms with E-state index in [1.807, 2.05) is 42.5 Å². The predicted molar refractivity (Wildman–Crippen MR) is 99.1 cm³/mol. The van der Waals surface area contributed by atoms with Gasteiger partial charge in [0.2, 0.25) is 11.8 Å². The first-order valence-corrected chi connectivity index (χ1v) is 8.16. The average Bonchev–Trinajstić information content (AvgIpc) is 2.61. The predicted octanol–water partition coefficient (Wildman–Crippen LogP) is 3.37. The smallest absolute Gasteiger partial charge is 0.224 e. The van der Waals surface area contributed by atoms with Gasteiger partial charge in [-0.05, 0) is 36.2 Å². The van der Waals surface area contributed by atoms with Gasteiger partial charge in [0.05, 0.1) is 13.0 Å². The van der Waals surface area contributed by atoms with E-state index in [0.29, 0.717) is 24.3 Å². The molecule has 0 radical (unpaired) electrons. The second kappa shape index (κ2) is 9.93. The van der Waals surface area contributed by atoms with Gasteiger partial charge in [0.15, 0.2) is 0 Å². The fourth-order valence-corrected chi connectivity index (χ4v) is 2.13. The van der Waals surface area contributed by atoms with E-state index in [2.05, 4.69) is 5.32 Å². The van der Waals surface area contributed by atoms with E-state index in [-0.39, 0.29) is 18.9 Å². The van der Waals surface area contributed by atoms with E-state index in [1.165, 1.54) is 0 Å². The second-order valence-corrected chi connectivity index (χ2v) is 5.49. The molecule has 25 heavy (non-hydrogen) atoms. The molecule has 130 valence electrons. The number of primary amides is 1. The molecule has 2 aromatic rings. The summed E-state index contributed by atoms with van der Waals surface area (Å²) in [4.78, 5) is 22.6. The summed E-state index contributed by atoms with van der Waals surface area (Å²) in [6.07, 6.45) is 5.26. The fraction of sp³-hybridized carbons (Fsp3) is 0.200. The molecule has 3 N–H and O–H groups in total. The first-order valence-electron chi connectivity index (χ1n) is 8.16. The van der Waals surface area contributed by atoms with Gasteiger partial charge < -0.3 is 15.8 Å². The maximum Gasteiger partial charge on any atom is 0.224 e. The summed E-state index contributed by atoms with van der Waals surface area (Å²) in [5.41, 5.74) is 6.88. The van der Waals surface area contributed by atoms with Crippen LogP contribution in [0.15, 0.2) is 60.7 Å². The second-order valence-electron chi connectivity index (χ2n) is 5.49. The fourth-order valence-electron chi connectivity index (χ4n) is 2.13. The maximum absolute atomic E-state index is 11.9. The molecule has 0 aromatic heterocycles. The highest BCUT2D eigenvalue weighted by Gasteiger charge is 2.02. The lowest BCUT2D eigenvalue weighted by Gasteiger charge is -2.07. The molecular weight excluding hydrogens is 316 g/mol. The molecule has 0 bridgehead atoms. The van der Waals surface area contributed by atoms with E-state index in [0.717, 1.165) is 5.56 Å². The number of carbonyl (C=O) groups excluding carboxylic acids is 2. The molecule has 5 nitrogen and oxygen atoms in total. The topological polar surface area (TPSA) is 81.4 Å². The van der Waals surface area contributed by atoms with Gasteiger partial charge in [-0.2, -0.15) is 0 Å². The van der Waals surface area contributed by atoms with Crippen molar-refractivity contribution >= 4 is 23.6 Å². The molecule has 0 heterocycles. The highest BCUT2D eigenvalue weighted by Crippen LogP contribution is 2.16. The molecule has 5 heteroatoms. The standard InChI is InChI=1S/C20H22N2O3/c21-19(23)14-15-25-18-12-10-17(11-13-18)22-20(24)9-5-4-8-16-6-2-1-3-7-16/h1-4,6-8,10-13H,5,9,14-15H2,(H2,21,23)(H,22,24)/b8-4-. The van der Waals surface area contributed by atoms with Crippen LogP contribution in [0.2, 0.25) is 0 Å². The number of benzene rings is 2. The molecule has 0 saturated heterocycles. The summed E-state index contributed by atoms with van der Waals surface area (Å²) >= 11 is 0. The zero-order valence-corrected chi connectivity index (χ0v) is 14.0. The number of carbonyl (C=O) groups is 2. The molecule has 0 aliphatic heterocycles. The summed E-state index contributed by atoms with van der Waals surface area (Å²) in [5, 5.41) is 2.84. The lowest BCUT2D eigenvalue weighted by Crippen LogP contribution is -2.14. The van der Waals surface area contributed by atoms with Crippen molar-refractivity contribution in [2.45, 2.75) is 19.3 Å². The molecule has 2 aromatic carbocycles. The Kier molecular flexibility index (Phi) is 7.25. The molecule has 0 unspecified atom stereocenters. The summed E-state index contributed by atoms with van der Waals surface area (Å²) in [6.45, 7) is 0.245. The highest BCUT2D eigenvalue weighted by molar-refractivity contribution is 5.90. The van der Waals surface area contributed by atoms with Crippen LogP contribution in [0, 0.1) is 0 Å². The van der Waals surface area contributed by atoms with Crippen LogP contribution in [-0.2, 0) is 9.59 Å². The van der Waals surface area contributed by atoms with Crippen molar-refractivity contribution in [1.82, 2.24) is 0 Å². The van der Waals surface area contributed by atoms with Crippen LogP contribution >= 0.6 is 0 Å². The number of allylic oxidation sites excluding steroid dienone is 1. The first-order chi connectivity index (χ1) is 12.1. The molecule has 0 aliphatic rings. The molecule has 2 rings (SSSR count). The van der Waals surface area contributed by atoms with Crippen LogP contribution in [0.1, 0.15) is 24.8 Å². The van der Waals surface area contributed by atoms with Crippen LogP contribution in [0.25, 0.3) is 6.08 Å². The van der Waals surface area contributed by atoms with Crippen LogP contribution in [0.5, 0.6) is 5.75 Å². The number of anilines is 1. The number of ether oxygens (including phenoxy) is 1. The Hall–Kier alpha value is -3.08. The summed E-state index contributed by atoms with van der Waals surface area (Å²) in [7, 11) is 0. The van der Waals surface area contributed by atoms with Crippen LogP contribution in [0.4, 0.5) is 5.69 Å². The minimum atomic E-state index is -0.398. The van der Waals surface area contributed by atoms with Crippen molar-refractivity contribution in [2.24, 2.45) is 5.73 Å². The first kappa shape index (κ1) is 18.3. The van der Waals surface area contributed by atoms with Crippen molar-refractivity contribution in [3.05, 3.63) is 66.2 Å². The van der Waals surface area contributed by atoms with Gasteiger partial charge >= 0.3 is 0 Å². The van der Waals surface area contributed by atoms with Gasteiger partial charge in [-0.3, -0.25) is 9.59 Å². The number of hydrogen-bond donors (Lipinski definition) is 2. The van der Waals surface area contributed by atoms with Crippen molar-refractivity contribution in [3.8, 4) is 5.75 Å². The molecule has 2 amide bonds. The van der Waals surface area contributed by atoms with Crippen LogP contribution < -0.4 is 15.8 Å². The third-order valence-corrected chi connectivity index (χ3v) is 3.40. The lowest BCUT2D eigenvalue weighted by atomic mass is 10.2. The van der Waals surface area contributed by atoms with Crippen molar-refractivity contribution in [1.29, 1.82) is 0 Å². The Bertz CT molecular complexity index is 709. The van der Waals surface area contributed by atoms with Gasteiger partial charge in [0.1, 0.15) is 5.75 Å². The molecular formula is C20H22N2O3. The number of nitrogens with one attached hydrogen (secondary N) is 1. The molecule has 0 saturated carbocycles. The lowest BCUT2D eigenvalue weighted by molar-refractivity contribution is -0.118. The van der Waals surface area contributed by atoms with Crippen molar-refractivity contribution in [3.63, 3.8) is 0 Å². The Morgan fingerprint density at radius 1 is 1.00 bits per heavy atom. The largest absolute Gasteiger partial charge is 0.493 e. The molecule has 0 aliphatic carbocycles. The number of amides is 2. The van der Waals surface area contributed by atoms with E-state index >= 15 is 0 Å². The number of nitrogens with two attached hydrogens (primary N) is 1. The van der Waals surface area contributed by atoms with Gasteiger partial charge in [-0.15, -0.1) is 0 Å². The summed E-state index contributed by atoms with van der Waals surface area (Å²) < 4.78 is 5.38. The van der Waals surface area contributed by atoms with Gasteiger partial charge in [-0.1, -0.05) is 42.5 Å². The Labute approximate surface area is 147 Å². The summed E-state index contributed by atoms with van der Waals surface area (Å²) in [6, 6.07) is 17.0. The van der Waals surface area contributed by atoms with E-state index < -0.39 is 5.91 Å². The summed E-state index contributed by atoms with van der Waals surface area (Å²) in [5.74, 6) is 0.190. The monoisotopic (exact) mass is 338 g/mol. The molecule has 0 spiro atoms. The van der Waals surface area contributed by atoms with Crippen LogP contribution in [-0.4, -0.2) is 18.4 Å². The zero-order valence-electron chi connectivity index (χ0n) is 14.0. The van der Waals surface area contributed by atoms with E-state index in [4.69, 9.17) is 10.5 Å². The Morgan fingerprint density at radius 2 is 1.72 bits per heavy atom. The minimum absolute atomic E-state index is 0.0416. The van der Waals surface area contributed by atoms with Crippen LogP contribution in [0.3, 0.4) is 0 Å². The van der Waals surface area contributed by atoms with Gasteiger partial charge in [0, 0.05) is 12.1 Å². The quantitative estimate of drug-likeness (QED) is 0.735. The molecule has 0 atom stereocenters. The third kappa shape index (κ3) is 7.35. The average molecular weight is 338 g/mol. The Morgan fingerprint density at radius 3 is 2.40 bits per heavy atom. The third-order valence-electron chi connectivity index (χ3n) is 3.40. The number of hydrogen-bond acceptors (Lipinski definition) is 3. The SMILES string of the molecule is NC(=O)CCOc1ccc(NC(=O)CC/C=C\c2ccccc2)cc1. The normalized spacial score (nSPS) is 10.6. The number of rotatable bonds is 9.